The van der Waals surface area contributed by atoms with Crippen LogP contribution < -0.4 is 19.5 Å². The molecular formula is C24H31NO5. The van der Waals surface area contributed by atoms with Gasteiger partial charge in [-0.3, -0.25) is 4.79 Å². The largest absolute Gasteiger partial charge is 0.493 e. The van der Waals surface area contributed by atoms with E-state index in [1.54, 1.807) is 56.7 Å². The number of β-amino-alcohol motifs (C(OH)–C–C–N with tert-alkyl or cyclic N) is 1. The third-order valence-corrected chi connectivity index (χ3v) is 4.28. The van der Waals surface area contributed by atoms with Gasteiger partial charge in [-0.1, -0.05) is 12.1 Å². The van der Waals surface area contributed by atoms with Crippen molar-refractivity contribution < 1.29 is 24.1 Å². The number of ether oxygens (including phenoxy) is 3. The number of aliphatic hydroxyl groups is 1. The highest BCUT2D eigenvalue weighted by molar-refractivity contribution is 6.06. The maximum Gasteiger partial charge on any atom is 0.185 e. The molecule has 0 radical (unpaired) electrons. The monoisotopic (exact) mass is 413 g/mol. The van der Waals surface area contributed by atoms with E-state index >= 15 is 0 Å². The first-order chi connectivity index (χ1) is 14.2. The first-order valence-electron chi connectivity index (χ1n) is 9.82. The molecule has 0 aliphatic rings. The number of aliphatic hydroxyl groups excluding tert-OH is 1. The smallest absolute Gasteiger partial charge is 0.185 e. The molecule has 6 nitrogen and oxygen atoms in total. The van der Waals surface area contributed by atoms with Crippen LogP contribution in [0.4, 0.5) is 0 Å². The molecule has 0 spiro atoms. The molecule has 6 heteroatoms. The first-order valence-corrected chi connectivity index (χ1v) is 9.82. The van der Waals surface area contributed by atoms with Crippen molar-refractivity contribution in [2.24, 2.45) is 0 Å². The number of rotatable bonds is 10. The van der Waals surface area contributed by atoms with Gasteiger partial charge < -0.3 is 24.6 Å². The summed E-state index contributed by atoms with van der Waals surface area (Å²) in [6, 6.07) is 12.3. The van der Waals surface area contributed by atoms with E-state index in [2.05, 4.69) is 5.32 Å². The number of hydrogen-bond donors (Lipinski definition) is 2. The summed E-state index contributed by atoms with van der Waals surface area (Å²) in [6.07, 6.45) is 2.63. The van der Waals surface area contributed by atoms with Crippen molar-refractivity contribution in [3.8, 4) is 17.2 Å². The van der Waals surface area contributed by atoms with E-state index in [4.69, 9.17) is 14.2 Å². The van der Waals surface area contributed by atoms with Gasteiger partial charge in [0.2, 0.25) is 0 Å². The molecule has 0 fully saturated rings. The molecule has 0 aliphatic carbocycles. The Morgan fingerprint density at radius 2 is 1.73 bits per heavy atom. The highest BCUT2D eigenvalue weighted by atomic mass is 16.5. The first kappa shape index (κ1) is 23.4. The van der Waals surface area contributed by atoms with Crippen LogP contribution in [0.15, 0.2) is 48.5 Å². The zero-order valence-corrected chi connectivity index (χ0v) is 18.3. The van der Waals surface area contributed by atoms with E-state index < -0.39 is 6.10 Å². The molecule has 1 atom stereocenters. The molecule has 1 unspecified atom stereocenters. The molecule has 0 saturated heterocycles. The van der Waals surface area contributed by atoms with E-state index in [9.17, 15) is 9.90 Å². The Morgan fingerprint density at radius 1 is 1.07 bits per heavy atom. The van der Waals surface area contributed by atoms with Gasteiger partial charge in [0.05, 0.1) is 14.2 Å². The molecule has 2 N–H and O–H groups in total. The molecular weight excluding hydrogens is 382 g/mol. The summed E-state index contributed by atoms with van der Waals surface area (Å²) in [7, 11) is 3.15. The number of allylic oxidation sites excluding steroid dienone is 1. The van der Waals surface area contributed by atoms with Crippen molar-refractivity contribution in [2.75, 3.05) is 27.4 Å². The van der Waals surface area contributed by atoms with Crippen LogP contribution in [0, 0.1) is 0 Å². The molecule has 0 amide bonds. The maximum atomic E-state index is 12.4. The molecule has 2 aromatic carbocycles. The molecule has 0 saturated carbocycles. The van der Waals surface area contributed by atoms with Crippen LogP contribution in [0.5, 0.6) is 17.2 Å². The number of hydrogen-bond acceptors (Lipinski definition) is 6. The normalized spacial score (nSPS) is 12.6. The zero-order valence-electron chi connectivity index (χ0n) is 18.3. The van der Waals surface area contributed by atoms with Crippen molar-refractivity contribution >= 4 is 11.9 Å². The van der Waals surface area contributed by atoms with Gasteiger partial charge in [0.1, 0.15) is 18.5 Å². The number of methoxy groups -OCH3 is 2. The summed E-state index contributed by atoms with van der Waals surface area (Å²) in [5.74, 6) is 1.72. The van der Waals surface area contributed by atoms with Gasteiger partial charge in [0, 0.05) is 17.6 Å². The Labute approximate surface area is 178 Å². The molecule has 0 aromatic heterocycles. The molecule has 2 rings (SSSR count). The minimum absolute atomic E-state index is 0.0620. The van der Waals surface area contributed by atoms with Crippen molar-refractivity contribution in [3.05, 3.63) is 59.7 Å². The lowest BCUT2D eigenvalue weighted by atomic mass is 10.1. The summed E-state index contributed by atoms with van der Waals surface area (Å²) in [5.41, 5.74) is 1.32. The van der Waals surface area contributed by atoms with Crippen LogP contribution >= 0.6 is 0 Å². The van der Waals surface area contributed by atoms with Gasteiger partial charge in [0.25, 0.3) is 0 Å². The van der Waals surface area contributed by atoms with Crippen LogP contribution in [0.2, 0.25) is 0 Å². The van der Waals surface area contributed by atoms with Crippen molar-refractivity contribution in [3.63, 3.8) is 0 Å². The third kappa shape index (κ3) is 7.54. The molecule has 0 aliphatic heterocycles. The Balaban J connectivity index is 1.91. The van der Waals surface area contributed by atoms with Gasteiger partial charge in [0.15, 0.2) is 17.3 Å². The minimum Gasteiger partial charge on any atom is -0.493 e. The van der Waals surface area contributed by atoms with E-state index in [0.717, 1.165) is 5.56 Å². The van der Waals surface area contributed by atoms with E-state index in [1.165, 1.54) is 6.08 Å². The fourth-order valence-corrected chi connectivity index (χ4v) is 2.62. The average Bonchev–Trinajstić information content (AvgIpc) is 2.74. The second-order valence-corrected chi connectivity index (χ2v) is 7.93. The Morgan fingerprint density at radius 3 is 2.33 bits per heavy atom. The van der Waals surface area contributed by atoms with Gasteiger partial charge >= 0.3 is 0 Å². The van der Waals surface area contributed by atoms with Crippen molar-refractivity contribution in [1.29, 1.82) is 0 Å². The maximum absolute atomic E-state index is 12.4. The van der Waals surface area contributed by atoms with Crippen molar-refractivity contribution in [2.45, 2.75) is 32.4 Å². The summed E-state index contributed by atoms with van der Waals surface area (Å²) in [5, 5.41) is 13.2. The highest BCUT2D eigenvalue weighted by Gasteiger charge is 2.12. The van der Waals surface area contributed by atoms with Crippen LogP contribution in [0.1, 0.15) is 36.7 Å². The Kier molecular flexibility index (Phi) is 8.45. The third-order valence-electron chi connectivity index (χ3n) is 4.28. The van der Waals surface area contributed by atoms with E-state index in [-0.39, 0.29) is 17.9 Å². The number of benzene rings is 2. The number of nitrogens with one attached hydrogen (secondary N) is 1. The fourth-order valence-electron chi connectivity index (χ4n) is 2.62. The SMILES string of the molecule is COc1ccc(C=CC(=O)c2ccc(OCC(O)CNC(C)(C)C)cc2)cc1OC. The molecule has 30 heavy (non-hydrogen) atoms. The van der Waals surface area contributed by atoms with Gasteiger partial charge in [-0.2, -0.15) is 0 Å². The summed E-state index contributed by atoms with van der Waals surface area (Å²) in [4.78, 5) is 12.4. The lowest BCUT2D eigenvalue weighted by Crippen LogP contribution is -2.42. The molecule has 0 heterocycles. The lowest BCUT2D eigenvalue weighted by Gasteiger charge is -2.22. The van der Waals surface area contributed by atoms with Crippen LogP contribution in [-0.4, -0.2) is 49.9 Å². The summed E-state index contributed by atoms with van der Waals surface area (Å²) < 4.78 is 16.1. The highest BCUT2D eigenvalue weighted by Crippen LogP contribution is 2.28. The molecule has 2 aromatic rings. The average molecular weight is 414 g/mol. The van der Waals surface area contributed by atoms with E-state index in [0.29, 0.717) is 29.4 Å². The van der Waals surface area contributed by atoms with Gasteiger partial charge in [-0.15, -0.1) is 0 Å². The topological polar surface area (TPSA) is 77.0 Å². The fraction of sp³-hybridized carbons (Fsp3) is 0.375. The second-order valence-electron chi connectivity index (χ2n) is 7.93. The standard InChI is InChI=1S/C24H31NO5/c1-24(2,3)25-15-19(26)16-30-20-10-8-18(9-11-20)21(27)12-6-17-7-13-22(28-4)23(14-17)29-5/h6-14,19,25-26H,15-16H2,1-5H3. The number of carbonyl (C=O) groups is 1. The number of carbonyl (C=O) groups excluding carboxylic acids is 1. The van der Waals surface area contributed by atoms with Crippen LogP contribution in [0.3, 0.4) is 0 Å². The summed E-state index contributed by atoms with van der Waals surface area (Å²) >= 11 is 0. The Hall–Kier alpha value is -2.83. The predicted molar refractivity (Wildman–Crippen MR) is 119 cm³/mol. The zero-order chi connectivity index (χ0) is 22.1. The number of ketones is 1. The summed E-state index contributed by atoms with van der Waals surface area (Å²) in [6.45, 7) is 6.73. The second kappa shape index (κ2) is 10.8. The minimum atomic E-state index is -0.616. The van der Waals surface area contributed by atoms with Gasteiger partial charge in [-0.25, -0.2) is 0 Å². The Bertz CT molecular complexity index is 853. The van der Waals surface area contributed by atoms with Crippen LogP contribution in [-0.2, 0) is 0 Å². The quantitative estimate of drug-likeness (QED) is 0.457. The van der Waals surface area contributed by atoms with Crippen molar-refractivity contribution in [1.82, 2.24) is 5.32 Å². The van der Waals surface area contributed by atoms with Crippen LogP contribution in [0.25, 0.3) is 6.08 Å². The predicted octanol–water partition coefficient (Wildman–Crippen LogP) is 3.73. The van der Waals surface area contributed by atoms with Gasteiger partial charge in [-0.05, 0) is 68.8 Å². The molecule has 0 bridgehead atoms. The lowest BCUT2D eigenvalue weighted by molar-refractivity contribution is 0.0999. The molecule has 162 valence electrons. The van der Waals surface area contributed by atoms with E-state index in [1.807, 2.05) is 26.8 Å².